The zero-order valence-corrected chi connectivity index (χ0v) is 20.2. The Kier molecular flexibility index (Phi) is 7.19. The summed E-state index contributed by atoms with van der Waals surface area (Å²) in [5, 5.41) is 0.739. The fraction of sp³-hybridized carbons (Fsp3) is 0.333. The second-order valence-corrected chi connectivity index (χ2v) is 10.8. The summed E-state index contributed by atoms with van der Waals surface area (Å²) in [6.07, 6.45) is 6.28. The Hall–Kier alpha value is -1.77. The van der Waals surface area contributed by atoms with Gasteiger partial charge in [0.25, 0.3) is 0 Å². The van der Waals surface area contributed by atoms with Crippen LogP contribution >= 0.6 is 35.5 Å². The smallest absolute Gasteiger partial charge is 0.225 e. The zero-order chi connectivity index (χ0) is 21.8. The van der Waals surface area contributed by atoms with Crippen molar-refractivity contribution in [1.29, 1.82) is 0 Å². The standard InChI is InChI=1S/C24H26ClN5S2/c25-21-9-7-19(8-10-21)20-17-26-24(27-18-20)29-15-13-28(14-16-29)11-3-4-12-30-31-22-5-1-2-6-23(22)32-30/h1-2,5-10,17-18H,3-4,11-16H2. The first-order chi connectivity index (χ1) is 15.7. The maximum atomic E-state index is 5.98. The lowest BCUT2D eigenvalue weighted by atomic mass is 10.1. The van der Waals surface area contributed by atoms with Crippen molar-refractivity contribution < 1.29 is 0 Å². The molecule has 0 amide bonds. The lowest BCUT2D eigenvalue weighted by Gasteiger charge is -2.34. The molecule has 0 N–H and O–H groups in total. The van der Waals surface area contributed by atoms with E-state index in [2.05, 4.69) is 47.7 Å². The van der Waals surface area contributed by atoms with E-state index in [9.17, 15) is 0 Å². The second kappa shape index (κ2) is 10.4. The number of nitrogens with zero attached hydrogens (tertiary/aromatic N) is 5. The number of halogens is 1. The maximum absolute atomic E-state index is 5.98. The second-order valence-electron chi connectivity index (χ2n) is 8.00. The highest BCUT2D eigenvalue weighted by Gasteiger charge is 2.21. The minimum absolute atomic E-state index is 0.739. The highest BCUT2D eigenvalue weighted by molar-refractivity contribution is 8.14. The number of hydrogen-bond acceptors (Lipinski definition) is 7. The quantitative estimate of drug-likeness (QED) is 0.313. The summed E-state index contributed by atoms with van der Waals surface area (Å²) < 4.78 is 2.41. The molecule has 0 unspecified atom stereocenters. The normalized spacial score (nSPS) is 17.0. The number of rotatable bonds is 7. The van der Waals surface area contributed by atoms with E-state index in [1.54, 1.807) is 0 Å². The van der Waals surface area contributed by atoms with Crippen LogP contribution in [0.4, 0.5) is 5.95 Å². The van der Waals surface area contributed by atoms with Gasteiger partial charge in [-0.15, -0.1) is 0 Å². The molecule has 0 aliphatic carbocycles. The molecule has 166 valence electrons. The van der Waals surface area contributed by atoms with Crippen LogP contribution in [-0.2, 0) is 0 Å². The Morgan fingerprint density at radius 1 is 0.750 bits per heavy atom. The predicted octanol–water partition coefficient (Wildman–Crippen LogP) is 5.73. The first-order valence-electron chi connectivity index (χ1n) is 11.0. The summed E-state index contributed by atoms with van der Waals surface area (Å²) in [4.78, 5) is 16.9. The molecule has 0 radical (unpaired) electrons. The molecule has 1 saturated heterocycles. The third kappa shape index (κ3) is 5.41. The van der Waals surface area contributed by atoms with Crippen molar-refractivity contribution in [1.82, 2.24) is 18.6 Å². The van der Waals surface area contributed by atoms with Crippen LogP contribution in [0.25, 0.3) is 11.1 Å². The first-order valence-corrected chi connectivity index (χ1v) is 12.9. The molecule has 5 rings (SSSR count). The topological polar surface area (TPSA) is 35.5 Å². The van der Waals surface area contributed by atoms with Gasteiger partial charge >= 0.3 is 0 Å². The molecule has 1 aromatic heterocycles. The van der Waals surface area contributed by atoms with E-state index in [0.29, 0.717) is 0 Å². The minimum Gasteiger partial charge on any atom is -0.338 e. The van der Waals surface area contributed by atoms with Gasteiger partial charge in [-0.3, -0.25) is 4.90 Å². The van der Waals surface area contributed by atoms with Gasteiger partial charge in [-0.25, -0.2) is 9.97 Å². The van der Waals surface area contributed by atoms with Gasteiger partial charge in [0, 0.05) is 65.5 Å². The van der Waals surface area contributed by atoms with Crippen molar-refractivity contribution in [3.63, 3.8) is 0 Å². The van der Waals surface area contributed by atoms with Gasteiger partial charge in [0.2, 0.25) is 5.95 Å². The molecule has 1 fully saturated rings. The molecule has 8 heteroatoms. The Morgan fingerprint density at radius 3 is 2.03 bits per heavy atom. The fourth-order valence-electron chi connectivity index (χ4n) is 3.95. The molecule has 2 aromatic carbocycles. The van der Waals surface area contributed by atoms with E-state index in [1.807, 2.05) is 60.6 Å². The van der Waals surface area contributed by atoms with Crippen molar-refractivity contribution in [2.75, 3.05) is 44.2 Å². The third-order valence-corrected chi connectivity index (χ3v) is 8.49. The number of benzene rings is 2. The molecule has 3 aromatic rings. The Balaban J connectivity index is 1.03. The van der Waals surface area contributed by atoms with Crippen LogP contribution in [-0.4, -0.2) is 57.8 Å². The Bertz CT molecular complexity index is 998. The van der Waals surface area contributed by atoms with Gasteiger partial charge in [0.15, 0.2) is 0 Å². The van der Waals surface area contributed by atoms with E-state index in [0.717, 1.165) is 54.8 Å². The lowest BCUT2D eigenvalue weighted by molar-refractivity contribution is 0.251. The monoisotopic (exact) mass is 483 g/mol. The van der Waals surface area contributed by atoms with E-state index < -0.39 is 0 Å². The van der Waals surface area contributed by atoms with Crippen molar-refractivity contribution >= 4 is 41.4 Å². The van der Waals surface area contributed by atoms with Crippen LogP contribution in [0.3, 0.4) is 0 Å². The van der Waals surface area contributed by atoms with Gasteiger partial charge in [-0.05, 0) is 73.1 Å². The van der Waals surface area contributed by atoms with Crippen LogP contribution in [0.1, 0.15) is 12.8 Å². The van der Waals surface area contributed by atoms with Crippen LogP contribution in [0.5, 0.6) is 0 Å². The Morgan fingerprint density at radius 2 is 1.38 bits per heavy atom. The average molecular weight is 484 g/mol. The first kappa shape index (κ1) is 22.0. The molecule has 5 nitrogen and oxygen atoms in total. The van der Waals surface area contributed by atoms with Crippen molar-refractivity contribution in [3.8, 4) is 11.1 Å². The molecule has 0 atom stereocenters. The molecule has 32 heavy (non-hydrogen) atoms. The van der Waals surface area contributed by atoms with Crippen molar-refractivity contribution in [2.45, 2.75) is 22.6 Å². The summed E-state index contributed by atoms with van der Waals surface area (Å²) >= 11 is 9.73. The molecule has 2 aliphatic rings. The summed E-state index contributed by atoms with van der Waals surface area (Å²) in [6.45, 7) is 6.39. The van der Waals surface area contributed by atoms with Gasteiger partial charge in [-0.1, -0.05) is 35.9 Å². The van der Waals surface area contributed by atoms with Gasteiger partial charge in [0.05, 0.1) is 0 Å². The third-order valence-electron chi connectivity index (χ3n) is 5.79. The number of anilines is 1. The van der Waals surface area contributed by atoms with Gasteiger partial charge in [-0.2, -0.15) is 3.71 Å². The highest BCUT2D eigenvalue weighted by Crippen LogP contribution is 2.46. The largest absolute Gasteiger partial charge is 0.338 e. The average Bonchev–Trinajstić information content (AvgIpc) is 3.26. The number of fused-ring (bicyclic) bond motifs is 1. The molecule has 0 saturated carbocycles. The maximum Gasteiger partial charge on any atom is 0.225 e. The summed E-state index contributed by atoms with van der Waals surface area (Å²) in [7, 11) is 0. The van der Waals surface area contributed by atoms with E-state index in [4.69, 9.17) is 11.6 Å². The Labute approximate surface area is 203 Å². The molecular weight excluding hydrogens is 458 g/mol. The van der Waals surface area contributed by atoms with Crippen LogP contribution < -0.4 is 4.90 Å². The number of aromatic nitrogens is 2. The van der Waals surface area contributed by atoms with Crippen LogP contribution in [0.15, 0.2) is 70.7 Å². The number of hydrogen-bond donors (Lipinski definition) is 0. The number of piperazine rings is 1. The summed E-state index contributed by atoms with van der Waals surface area (Å²) in [6, 6.07) is 16.4. The fourth-order valence-corrected chi connectivity index (χ4v) is 6.41. The van der Waals surface area contributed by atoms with Crippen molar-refractivity contribution in [3.05, 3.63) is 65.9 Å². The zero-order valence-electron chi connectivity index (χ0n) is 17.9. The van der Waals surface area contributed by atoms with E-state index in [1.165, 1.54) is 29.2 Å². The van der Waals surface area contributed by atoms with Gasteiger partial charge < -0.3 is 4.90 Å². The van der Waals surface area contributed by atoms with Gasteiger partial charge in [0.1, 0.15) is 0 Å². The van der Waals surface area contributed by atoms with E-state index >= 15 is 0 Å². The SMILES string of the molecule is Clc1ccc(-c2cnc(N3CCN(CCCCN4Sc5ccccc5S4)CC3)nc2)cc1. The predicted molar refractivity (Wildman–Crippen MR) is 135 cm³/mol. The molecule has 0 bridgehead atoms. The molecule has 0 spiro atoms. The highest BCUT2D eigenvalue weighted by atomic mass is 35.5. The summed E-state index contributed by atoms with van der Waals surface area (Å²) in [5.41, 5.74) is 2.10. The van der Waals surface area contributed by atoms with Crippen molar-refractivity contribution in [2.24, 2.45) is 0 Å². The van der Waals surface area contributed by atoms with Crippen LogP contribution in [0.2, 0.25) is 5.02 Å². The molecule has 3 heterocycles. The lowest BCUT2D eigenvalue weighted by Crippen LogP contribution is -2.47. The van der Waals surface area contributed by atoms with E-state index in [-0.39, 0.29) is 0 Å². The minimum atomic E-state index is 0.739. The van der Waals surface area contributed by atoms with Crippen LogP contribution in [0, 0.1) is 0 Å². The molecule has 2 aliphatic heterocycles. The molecular formula is C24H26ClN5S2. The number of unbranched alkanes of at least 4 members (excludes halogenated alkanes) is 1. The summed E-state index contributed by atoms with van der Waals surface area (Å²) in [5.74, 6) is 0.824.